The summed E-state index contributed by atoms with van der Waals surface area (Å²) in [6, 6.07) is 12.6. The minimum Gasteiger partial charge on any atom is -0.371 e. The summed E-state index contributed by atoms with van der Waals surface area (Å²) in [6.07, 6.45) is 2.13. The lowest BCUT2D eigenvalue weighted by Crippen LogP contribution is -2.25. The maximum atomic E-state index is 13.2. The van der Waals surface area contributed by atoms with Crippen LogP contribution in [-0.2, 0) is 10.0 Å². The summed E-state index contributed by atoms with van der Waals surface area (Å²) in [4.78, 5) is 15.4. The molecule has 29 heavy (non-hydrogen) atoms. The molecule has 0 aliphatic carbocycles. The van der Waals surface area contributed by atoms with E-state index >= 15 is 0 Å². The van der Waals surface area contributed by atoms with Gasteiger partial charge in [0.1, 0.15) is 0 Å². The van der Waals surface area contributed by atoms with Gasteiger partial charge < -0.3 is 10.2 Å². The maximum absolute atomic E-state index is 13.2. The molecular formula is C22H29N3O3S. The first-order chi connectivity index (χ1) is 13.7. The number of rotatable bonds is 6. The van der Waals surface area contributed by atoms with E-state index in [0.29, 0.717) is 17.2 Å². The van der Waals surface area contributed by atoms with Gasteiger partial charge in [-0.3, -0.25) is 4.79 Å². The largest absolute Gasteiger partial charge is 0.371 e. The molecule has 0 radical (unpaired) electrons. The van der Waals surface area contributed by atoms with Gasteiger partial charge in [0.05, 0.1) is 10.5 Å². The van der Waals surface area contributed by atoms with Crippen molar-refractivity contribution in [3.8, 4) is 0 Å². The molecule has 0 aromatic heterocycles. The van der Waals surface area contributed by atoms with Gasteiger partial charge in [0.25, 0.3) is 5.91 Å². The average Bonchev–Trinajstić information content (AvgIpc) is 3.22. The topological polar surface area (TPSA) is 69.7 Å². The van der Waals surface area contributed by atoms with E-state index in [4.69, 9.17) is 0 Å². The summed E-state index contributed by atoms with van der Waals surface area (Å²) in [5.74, 6) is 0.0455. The summed E-state index contributed by atoms with van der Waals surface area (Å²) in [6.45, 7) is 5.93. The smallest absolute Gasteiger partial charge is 0.257 e. The summed E-state index contributed by atoms with van der Waals surface area (Å²) in [5.41, 5.74) is 2.99. The van der Waals surface area contributed by atoms with Gasteiger partial charge >= 0.3 is 0 Å². The van der Waals surface area contributed by atoms with Crippen molar-refractivity contribution in [3.05, 3.63) is 53.6 Å². The average molecular weight is 416 g/mol. The molecule has 1 aliphatic heterocycles. The molecule has 1 saturated heterocycles. The molecule has 0 spiro atoms. The van der Waals surface area contributed by atoms with Crippen LogP contribution in [0, 0.1) is 0 Å². The molecule has 156 valence electrons. The van der Waals surface area contributed by atoms with Gasteiger partial charge in [0, 0.05) is 38.6 Å². The first-order valence-corrected chi connectivity index (χ1v) is 11.4. The molecule has 0 saturated carbocycles. The van der Waals surface area contributed by atoms with Gasteiger partial charge in [-0.05, 0) is 54.7 Å². The number of anilines is 2. The highest BCUT2D eigenvalue weighted by molar-refractivity contribution is 7.89. The third kappa shape index (κ3) is 4.62. The molecule has 2 aromatic rings. The summed E-state index contributed by atoms with van der Waals surface area (Å²) < 4.78 is 26.4. The van der Waals surface area contributed by atoms with Gasteiger partial charge in [0.2, 0.25) is 10.0 Å². The van der Waals surface area contributed by atoms with Gasteiger partial charge in [-0.2, -0.15) is 0 Å². The fourth-order valence-corrected chi connectivity index (χ4v) is 4.40. The number of carbonyl (C=O) groups excluding carboxylic acids is 1. The third-order valence-electron chi connectivity index (χ3n) is 5.25. The predicted molar refractivity (Wildman–Crippen MR) is 117 cm³/mol. The molecule has 6 nitrogen and oxygen atoms in total. The van der Waals surface area contributed by atoms with E-state index in [0.717, 1.165) is 41.5 Å². The number of nitrogens with one attached hydrogen (secondary N) is 1. The monoisotopic (exact) mass is 415 g/mol. The van der Waals surface area contributed by atoms with Crippen molar-refractivity contribution in [2.75, 3.05) is 37.4 Å². The highest BCUT2D eigenvalue weighted by atomic mass is 32.2. The van der Waals surface area contributed by atoms with E-state index in [1.54, 1.807) is 12.1 Å². The molecule has 7 heteroatoms. The standard InChI is InChI=1S/C22H29N3O3S/c1-16(2)17-8-7-9-18(14-17)23-22(26)20-15-19(29(27,28)24(3)4)10-11-21(20)25-12-5-6-13-25/h7-11,14-16H,5-6,12-13H2,1-4H3,(H,23,26). The quantitative estimate of drug-likeness (QED) is 0.777. The van der Waals surface area contributed by atoms with Crippen LogP contribution in [0.15, 0.2) is 47.4 Å². The number of hydrogen-bond donors (Lipinski definition) is 1. The van der Waals surface area contributed by atoms with Gasteiger partial charge in [-0.1, -0.05) is 26.0 Å². The Bertz CT molecular complexity index is 994. The number of sulfonamides is 1. The van der Waals surface area contributed by atoms with Crippen LogP contribution >= 0.6 is 0 Å². The lowest BCUT2D eigenvalue weighted by atomic mass is 10.0. The van der Waals surface area contributed by atoms with Crippen LogP contribution in [0.4, 0.5) is 11.4 Å². The summed E-state index contributed by atoms with van der Waals surface area (Å²) >= 11 is 0. The number of nitrogens with zero attached hydrogens (tertiary/aromatic N) is 2. The Kier molecular flexibility index (Phi) is 6.29. The van der Waals surface area contributed by atoms with Crippen molar-refractivity contribution in [2.24, 2.45) is 0 Å². The van der Waals surface area contributed by atoms with Crippen LogP contribution < -0.4 is 10.2 Å². The SMILES string of the molecule is CC(C)c1cccc(NC(=O)c2cc(S(=O)(=O)N(C)C)ccc2N2CCCC2)c1. The van der Waals surface area contributed by atoms with Gasteiger partial charge in [0.15, 0.2) is 0 Å². The Morgan fingerprint density at radius 1 is 1.07 bits per heavy atom. The third-order valence-corrected chi connectivity index (χ3v) is 7.06. The normalized spacial score (nSPS) is 14.6. The lowest BCUT2D eigenvalue weighted by molar-refractivity contribution is 0.102. The Morgan fingerprint density at radius 3 is 2.38 bits per heavy atom. The molecule has 0 atom stereocenters. The molecule has 1 heterocycles. The number of carbonyl (C=O) groups is 1. The number of benzene rings is 2. The summed E-state index contributed by atoms with van der Waals surface area (Å²) in [7, 11) is -0.655. The fourth-order valence-electron chi connectivity index (χ4n) is 3.48. The zero-order chi connectivity index (χ0) is 21.2. The number of amides is 1. The second-order valence-corrected chi connectivity index (χ2v) is 10.0. The van der Waals surface area contributed by atoms with Crippen LogP contribution in [0.2, 0.25) is 0 Å². The lowest BCUT2D eigenvalue weighted by Gasteiger charge is -2.22. The van der Waals surface area contributed by atoms with Gasteiger partial charge in [-0.25, -0.2) is 12.7 Å². The van der Waals surface area contributed by atoms with Crippen molar-refractivity contribution in [1.82, 2.24) is 4.31 Å². The Balaban J connectivity index is 2.00. The zero-order valence-corrected chi connectivity index (χ0v) is 18.3. The van der Waals surface area contributed by atoms with E-state index in [-0.39, 0.29) is 10.8 Å². The first-order valence-electron chi connectivity index (χ1n) is 9.93. The Morgan fingerprint density at radius 2 is 1.76 bits per heavy atom. The molecular weight excluding hydrogens is 386 g/mol. The van der Waals surface area contributed by atoms with E-state index in [1.165, 1.54) is 20.2 Å². The first kappa shape index (κ1) is 21.3. The molecule has 1 aliphatic rings. The van der Waals surface area contributed by atoms with Crippen molar-refractivity contribution >= 4 is 27.3 Å². The van der Waals surface area contributed by atoms with Crippen LogP contribution in [0.25, 0.3) is 0 Å². The van der Waals surface area contributed by atoms with Gasteiger partial charge in [-0.15, -0.1) is 0 Å². The van der Waals surface area contributed by atoms with Crippen molar-refractivity contribution in [2.45, 2.75) is 37.5 Å². The van der Waals surface area contributed by atoms with E-state index in [2.05, 4.69) is 24.1 Å². The van der Waals surface area contributed by atoms with E-state index < -0.39 is 10.0 Å². The van der Waals surface area contributed by atoms with Crippen LogP contribution in [0.1, 0.15) is 48.5 Å². The van der Waals surface area contributed by atoms with E-state index in [9.17, 15) is 13.2 Å². The van der Waals surface area contributed by atoms with Crippen molar-refractivity contribution in [3.63, 3.8) is 0 Å². The maximum Gasteiger partial charge on any atom is 0.257 e. The minimum absolute atomic E-state index is 0.117. The molecule has 0 bridgehead atoms. The Hall–Kier alpha value is -2.38. The zero-order valence-electron chi connectivity index (χ0n) is 17.5. The van der Waals surface area contributed by atoms with E-state index in [1.807, 2.05) is 24.3 Å². The second-order valence-electron chi connectivity index (χ2n) is 7.89. The Labute approximate surface area is 173 Å². The molecule has 1 fully saturated rings. The molecule has 2 aromatic carbocycles. The number of hydrogen-bond acceptors (Lipinski definition) is 4. The highest BCUT2D eigenvalue weighted by Gasteiger charge is 2.24. The molecule has 0 unspecified atom stereocenters. The summed E-state index contributed by atoms with van der Waals surface area (Å²) in [5, 5.41) is 2.95. The fraction of sp³-hybridized carbons (Fsp3) is 0.409. The van der Waals surface area contributed by atoms with Crippen molar-refractivity contribution < 1.29 is 13.2 Å². The van der Waals surface area contributed by atoms with Crippen LogP contribution in [0.3, 0.4) is 0 Å². The van der Waals surface area contributed by atoms with Crippen molar-refractivity contribution in [1.29, 1.82) is 0 Å². The second kappa shape index (κ2) is 8.55. The molecule has 3 rings (SSSR count). The van der Waals surface area contributed by atoms with Crippen LogP contribution in [-0.4, -0.2) is 45.8 Å². The molecule has 1 amide bonds. The minimum atomic E-state index is -3.63. The van der Waals surface area contributed by atoms with Crippen LogP contribution in [0.5, 0.6) is 0 Å². The molecule has 1 N–H and O–H groups in total. The predicted octanol–water partition coefficient (Wildman–Crippen LogP) is 3.91. The highest BCUT2D eigenvalue weighted by Crippen LogP contribution is 2.29.